The summed E-state index contributed by atoms with van der Waals surface area (Å²) < 4.78 is 9.35. The Labute approximate surface area is 201 Å². The summed E-state index contributed by atoms with van der Waals surface area (Å²) in [5.74, 6) is -0.840. The number of amides is 1. The Hall–Kier alpha value is -3.40. The van der Waals surface area contributed by atoms with Crippen LogP contribution in [-0.2, 0) is 30.2 Å². The van der Waals surface area contributed by atoms with Crippen molar-refractivity contribution in [3.8, 4) is 0 Å². The van der Waals surface area contributed by atoms with E-state index in [-0.39, 0.29) is 25.5 Å². The number of rotatable bonds is 9. The van der Waals surface area contributed by atoms with Gasteiger partial charge in [0.15, 0.2) is 11.2 Å². The zero-order valence-electron chi connectivity index (χ0n) is 19.6. The van der Waals surface area contributed by atoms with Crippen LogP contribution in [0.1, 0.15) is 37.0 Å². The maximum atomic E-state index is 12.7. The molecule has 0 spiro atoms. The Morgan fingerprint density at radius 3 is 2.47 bits per heavy atom. The summed E-state index contributed by atoms with van der Waals surface area (Å²) in [5, 5.41) is 3.22. The quantitative estimate of drug-likeness (QED) is 0.362. The van der Waals surface area contributed by atoms with E-state index in [1.54, 1.807) is 42.9 Å². The minimum atomic E-state index is -0.829. The average Bonchev–Trinajstić information content (AvgIpc) is 3.18. The van der Waals surface area contributed by atoms with Crippen molar-refractivity contribution in [1.29, 1.82) is 0 Å². The van der Waals surface area contributed by atoms with E-state index >= 15 is 0 Å². The molecule has 1 amide bonds. The molecule has 0 saturated heterocycles. The van der Waals surface area contributed by atoms with Gasteiger partial charge in [-0.15, -0.1) is 0 Å². The Kier molecular flexibility index (Phi) is 7.93. The number of aryl methyl sites for hydroxylation is 2. The second-order valence-electron chi connectivity index (χ2n) is 8.51. The Morgan fingerprint density at radius 2 is 1.82 bits per heavy atom. The highest BCUT2D eigenvalue weighted by atomic mass is 35.5. The second-order valence-corrected chi connectivity index (χ2v) is 8.95. The number of carbonyl (C=O) groups excluding carboxylic acids is 2. The maximum Gasteiger partial charge on any atom is 0.332 e. The lowest BCUT2D eigenvalue weighted by Crippen LogP contribution is -2.43. The average molecular weight is 490 g/mol. The largest absolute Gasteiger partial charge is 0.464 e. The molecule has 1 atom stereocenters. The van der Waals surface area contributed by atoms with Crippen molar-refractivity contribution in [2.75, 3.05) is 6.61 Å². The fraction of sp³-hybridized carbons (Fsp3) is 0.435. The second kappa shape index (κ2) is 10.7. The van der Waals surface area contributed by atoms with Gasteiger partial charge in [0.25, 0.3) is 11.5 Å². The number of hydrogen-bond acceptors (Lipinski definition) is 6. The van der Waals surface area contributed by atoms with E-state index in [4.69, 9.17) is 16.3 Å². The smallest absolute Gasteiger partial charge is 0.332 e. The van der Waals surface area contributed by atoms with Gasteiger partial charge in [-0.05, 0) is 43.0 Å². The number of ether oxygens (including phenoxy) is 1. The van der Waals surface area contributed by atoms with Crippen LogP contribution in [0, 0.1) is 5.92 Å². The lowest BCUT2D eigenvalue weighted by Gasteiger charge is -2.19. The SMILES string of the molecule is CC(C)C[C@H](NC(=O)c1ccc(Cl)cc1)C(=O)OCCCn1c(=O)c2c(ncn2C)n(C)c1=O. The highest BCUT2D eigenvalue weighted by Crippen LogP contribution is 2.12. The molecule has 2 heterocycles. The molecule has 0 aliphatic rings. The molecule has 10 nitrogen and oxygen atoms in total. The molecule has 0 saturated carbocycles. The first-order valence-corrected chi connectivity index (χ1v) is 11.3. The summed E-state index contributed by atoms with van der Waals surface area (Å²) in [6.07, 6.45) is 2.13. The maximum absolute atomic E-state index is 12.7. The fourth-order valence-electron chi connectivity index (χ4n) is 3.62. The van der Waals surface area contributed by atoms with Crippen LogP contribution in [0.2, 0.25) is 5.02 Å². The highest BCUT2D eigenvalue weighted by Gasteiger charge is 2.24. The van der Waals surface area contributed by atoms with Gasteiger partial charge in [0.05, 0.1) is 12.9 Å². The molecule has 3 rings (SSSR count). The zero-order valence-corrected chi connectivity index (χ0v) is 20.3. The number of nitrogens with zero attached hydrogens (tertiary/aromatic N) is 4. The van der Waals surface area contributed by atoms with Crippen LogP contribution >= 0.6 is 11.6 Å². The molecule has 1 N–H and O–H groups in total. The minimum Gasteiger partial charge on any atom is -0.464 e. The summed E-state index contributed by atoms with van der Waals surface area (Å²) in [4.78, 5) is 54.6. The van der Waals surface area contributed by atoms with E-state index in [0.29, 0.717) is 28.2 Å². The third kappa shape index (κ3) is 5.56. The summed E-state index contributed by atoms with van der Waals surface area (Å²) in [6, 6.07) is 5.52. The van der Waals surface area contributed by atoms with Gasteiger partial charge >= 0.3 is 11.7 Å². The molecule has 2 aromatic heterocycles. The molecule has 0 radical (unpaired) electrons. The first-order chi connectivity index (χ1) is 16.1. The number of fused-ring (bicyclic) bond motifs is 1. The number of carbonyl (C=O) groups is 2. The summed E-state index contributed by atoms with van der Waals surface area (Å²) in [6.45, 7) is 3.94. The van der Waals surface area contributed by atoms with Crippen molar-refractivity contribution in [1.82, 2.24) is 24.0 Å². The van der Waals surface area contributed by atoms with E-state index in [0.717, 1.165) is 4.57 Å². The number of nitrogens with one attached hydrogen (secondary N) is 1. The van der Waals surface area contributed by atoms with Gasteiger partial charge in [-0.3, -0.25) is 18.7 Å². The van der Waals surface area contributed by atoms with Gasteiger partial charge < -0.3 is 14.6 Å². The minimum absolute atomic E-state index is 0.0107. The molecule has 11 heteroatoms. The van der Waals surface area contributed by atoms with Crippen molar-refractivity contribution in [2.24, 2.45) is 20.0 Å². The number of esters is 1. The molecular formula is C23H28ClN5O5. The number of imidazole rings is 1. The molecule has 0 fully saturated rings. The van der Waals surface area contributed by atoms with Crippen LogP contribution in [-0.4, -0.2) is 43.2 Å². The summed E-state index contributed by atoms with van der Waals surface area (Å²) in [7, 11) is 3.23. The van der Waals surface area contributed by atoms with Crippen LogP contribution in [0.25, 0.3) is 11.2 Å². The number of benzene rings is 1. The van der Waals surface area contributed by atoms with Crippen LogP contribution in [0.15, 0.2) is 40.2 Å². The van der Waals surface area contributed by atoms with Crippen molar-refractivity contribution in [2.45, 2.75) is 39.3 Å². The first-order valence-electron chi connectivity index (χ1n) is 10.9. The molecule has 0 unspecified atom stereocenters. The van der Waals surface area contributed by atoms with Crippen LogP contribution < -0.4 is 16.6 Å². The van der Waals surface area contributed by atoms with E-state index in [1.165, 1.54) is 10.9 Å². The Balaban J connectivity index is 1.63. The topological polar surface area (TPSA) is 117 Å². The predicted octanol–water partition coefficient (Wildman–Crippen LogP) is 1.87. The van der Waals surface area contributed by atoms with Gasteiger partial charge in [0.1, 0.15) is 6.04 Å². The lowest BCUT2D eigenvalue weighted by molar-refractivity contribution is -0.146. The van der Waals surface area contributed by atoms with Crippen molar-refractivity contribution < 1.29 is 14.3 Å². The molecule has 0 aliphatic heterocycles. The van der Waals surface area contributed by atoms with E-state index in [1.807, 2.05) is 13.8 Å². The van der Waals surface area contributed by atoms with Gasteiger partial charge in [0, 0.05) is 31.2 Å². The van der Waals surface area contributed by atoms with Crippen molar-refractivity contribution >= 4 is 34.6 Å². The molecule has 1 aromatic carbocycles. The van der Waals surface area contributed by atoms with E-state index in [2.05, 4.69) is 10.3 Å². The molecular weight excluding hydrogens is 462 g/mol. The first kappa shape index (κ1) is 25.2. The van der Waals surface area contributed by atoms with Gasteiger partial charge in [-0.1, -0.05) is 25.4 Å². The van der Waals surface area contributed by atoms with Gasteiger partial charge in [-0.25, -0.2) is 14.6 Å². The van der Waals surface area contributed by atoms with Crippen LogP contribution in [0.3, 0.4) is 0 Å². The number of aromatic nitrogens is 4. The van der Waals surface area contributed by atoms with Crippen LogP contribution in [0.4, 0.5) is 0 Å². The van der Waals surface area contributed by atoms with E-state index in [9.17, 15) is 19.2 Å². The number of hydrogen-bond donors (Lipinski definition) is 1. The Morgan fingerprint density at radius 1 is 1.15 bits per heavy atom. The van der Waals surface area contributed by atoms with Crippen molar-refractivity contribution in [3.63, 3.8) is 0 Å². The third-order valence-corrected chi connectivity index (χ3v) is 5.63. The monoisotopic (exact) mass is 489 g/mol. The lowest BCUT2D eigenvalue weighted by atomic mass is 10.0. The Bertz CT molecular complexity index is 1310. The van der Waals surface area contributed by atoms with Crippen molar-refractivity contribution in [3.05, 3.63) is 62.0 Å². The predicted molar refractivity (Wildman–Crippen MR) is 128 cm³/mol. The van der Waals surface area contributed by atoms with E-state index < -0.39 is 29.2 Å². The molecule has 34 heavy (non-hydrogen) atoms. The molecule has 3 aromatic rings. The highest BCUT2D eigenvalue weighted by molar-refractivity contribution is 6.30. The van der Waals surface area contributed by atoms with Gasteiger partial charge in [-0.2, -0.15) is 0 Å². The molecule has 0 bridgehead atoms. The third-order valence-electron chi connectivity index (χ3n) is 5.37. The van der Waals surface area contributed by atoms with Gasteiger partial charge in [0.2, 0.25) is 0 Å². The molecule has 182 valence electrons. The standard InChI is InChI=1S/C23H28ClN5O5/c1-14(2)12-17(26-20(30)15-6-8-16(24)9-7-15)22(32)34-11-5-10-29-21(31)18-19(25-13-27(18)3)28(4)23(29)33/h6-9,13-14,17H,5,10-12H2,1-4H3,(H,26,30)/t17-/m0/s1. The zero-order chi connectivity index (χ0) is 25.0. The normalized spacial score (nSPS) is 12.2. The fourth-order valence-corrected chi connectivity index (χ4v) is 3.74. The van der Waals surface area contributed by atoms with Crippen LogP contribution in [0.5, 0.6) is 0 Å². The molecule has 0 aliphatic carbocycles. The summed E-state index contributed by atoms with van der Waals surface area (Å²) >= 11 is 5.86. The summed E-state index contributed by atoms with van der Waals surface area (Å²) in [5.41, 5.74) is 0.0775. The number of halogens is 1.